The van der Waals surface area contributed by atoms with Crippen LogP contribution in [-0.2, 0) is 0 Å². The van der Waals surface area contributed by atoms with E-state index in [0.717, 1.165) is 30.3 Å². The summed E-state index contributed by atoms with van der Waals surface area (Å²) in [5.74, 6) is 0.310. The summed E-state index contributed by atoms with van der Waals surface area (Å²) in [5.41, 5.74) is 0. The van der Waals surface area contributed by atoms with Gasteiger partial charge in [-0.3, -0.25) is 0 Å². The topological polar surface area (TPSA) is 21.3 Å². The molecule has 0 bridgehead atoms. The molecule has 1 N–H and O–H groups in total. The normalized spacial score (nSPS) is 10.9. The van der Waals surface area contributed by atoms with Gasteiger partial charge in [-0.25, -0.2) is 4.39 Å². The van der Waals surface area contributed by atoms with Crippen LogP contribution in [0.15, 0.2) is 22.7 Å². The third-order valence-electron chi connectivity index (χ3n) is 2.52. The minimum Gasteiger partial charge on any atom is -0.492 e. The summed E-state index contributed by atoms with van der Waals surface area (Å²) < 4.78 is 19.3. The lowest BCUT2D eigenvalue weighted by atomic mass is 10.2. The zero-order valence-electron chi connectivity index (χ0n) is 11.0. The van der Waals surface area contributed by atoms with Crippen molar-refractivity contribution in [1.29, 1.82) is 0 Å². The first-order valence-electron chi connectivity index (χ1n) is 6.41. The molecule has 1 rings (SSSR count). The maximum atomic E-state index is 13.0. The fourth-order valence-corrected chi connectivity index (χ4v) is 1.93. The van der Waals surface area contributed by atoms with Crippen molar-refractivity contribution >= 4 is 15.9 Å². The number of rotatable bonds is 8. The molecule has 1 aromatic rings. The Kier molecular flexibility index (Phi) is 7.28. The first-order valence-corrected chi connectivity index (χ1v) is 7.20. The van der Waals surface area contributed by atoms with Gasteiger partial charge in [0.2, 0.25) is 0 Å². The van der Waals surface area contributed by atoms with Gasteiger partial charge in [0.1, 0.15) is 11.6 Å². The van der Waals surface area contributed by atoms with Crippen LogP contribution in [0.4, 0.5) is 4.39 Å². The van der Waals surface area contributed by atoms with E-state index in [1.807, 2.05) is 0 Å². The molecule has 1 aromatic carbocycles. The number of ether oxygens (including phenoxy) is 1. The molecule has 0 fully saturated rings. The monoisotopic (exact) mass is 317 g/mol. The van der Waals surface area contributed by atoms with E-state index in [4.69, 9.17) is 4.74 Å². The van der Waals surface area contributed by atoms with Gasteiger partial charge in [-0.15, -0.1) is 0 Å². The summed E-state index contributed by atoms with van der Waals surface area (Å²) in [7, 11) is 0. The maximum Gasteiger partial charge on any atom is 0.136 e. The summed E-state index contributed by atoms with van der Waals surface area (Å²) in [6.45, 7) is 5.96. The van der Waals surface area contributed by atoms with Crippen LogP contribution in [0.2, 0.25) is 0 Å². The molecule has 0 aromatic heterocycles. The van der Waals surface area contributed by atoms with Crippen LogP contribution in [0.25, 0.3) is 0 Å². The van der Waals surface area contributed by atoms with E-state index in [-0.39, 0.29) is 5.82 Å². The van der Waals surface area contributed by atoms with Crippen LogP contribution >= 0.6 is 15.9 Å². The zero-order chi connectivity index (χ0) is 13.4. The molecule has 102 valence electrons. The highest BCUT2D eigenvalue weighted by Gasteiger charge is 2.02. The van der Waals surface area contributed by atoms with Crippen molar-refractivity contribution in [2.45, 2.75) is 39.2 Å². The Morgan fingerprint density at radius 2 is 2.06 bits per heavy atom. The number of nitrogens with one attached hydrogen (secondary N) is 1. The minimum absolute atomic E-state index is 0.269. The highest BCUT2D eigenvalue weighted by molar-refractivity contribution is 9.10. The number of unbranched alkanes of at least 4 members (excludes halogenated alkanes) is 2. The van der Waals surface area contributed by atoms with Crippen LogP contribution in [0.5, 0.6) is 5.75 Å². The Morgan fingerprint density at radius 1 is 1.28 bits per heavy atom. The first-order chi connectivity index (χ1) is 8.59. The van der Waals surface area contributed by atoms with Gasteiger partial charge in [0.25, 0.3) is 0 Å². The summed E-state index contributed by atoms with van der Waals surface area (Å²) in [6, 6.07) is 5.03. The number of hydrogen-bond acceptors (Lipinski definition) is 2. The molecule has 0 saturated heterocycles. The lowest BCUT2D eigenvalue weighted by Gasteiger charge is -2.09. The van der Waals surface area contributed by atoms with Crippen LogP contribution < -0.4 is 10.1 Å². The van der Waals surface area contributed by atoms with Gasteiger partial charge in [0.15, 0.2) is 0 Å². The third-order valence-corrected chi connectivity index (χ3v) is 3.18. The molecule has 0 atom stereocenters. The second-order valence-electron chi connectivity index (χ2n) is 4.59. The van der Waals surface area contributed by atoms with E-state index in [1.165, 1.54) is 12.1 Å². The standard InChI is InChI=1S/C14H21BrFNO/c1-11(2)17-8-4-3-5-9-18-14-10-12(16)6-7-13(14)15/h6-7,10-11,17H,3-5,8-9H2,1-2H3. The lowest BCUT2D eigenvalue weighted by molar-refractivity contribution is 0.301. The molecule has 0 saturated carbocycles. The van der Waals surface area contributed by atoms with Gasteiger partial charge in [-0.1, -0.05) is 13.8 Å². The van der Waals surface area contributed by atoms with Crippen molar-refractivity contribution in [3.63, 3.8) is 0 Å². The van der Waals surface area contributed by atoms with Gasteiger partial charge < -0.3 is 10.1 Å². The summed E-state index contributed by atoms with van der Waals surface area (Å²) >= 11 is 3.34. The Labute approximate surface area is 117 Å². The van der Waals surface area contributed by atoms with Crippen LogP contribution in [0.3, 0.4) is 0 Å². The molecule has 0 radical (unpaired) electrons. The smallest absolute Gasteiger partial charge is 0.136 e. The quantitative estimate of drug-likeness (QED) is 0.728. The second-order valence-corrected chi connectivity index (χ2v) is 5.45. The Morgan fingerprint density at radius 3 is 2.78 bits per heavy atom. The minimum atomic E-state index is -0.269. The van der Waals surface area contributed by atoms with E-state index in [9.17, 15) is 4.39 Å². The molecule has 0 heterocycles. The molecule has 0 amide bonds. The van der Waals surface area contributed by atoms with Crippen LogP contribution in [0, 0.1) is 5.82 Å². The highest BCUT2D eigenvalue weighted by Crippen LogP contribution is 2.25. The van der Waals surface area contributed by atoms with E-state index < -0.39 is 0 Å². The van der Waals surface area contributed by atoms with Crippen molar-refractivity contribution in [3.8, 4) is 5.75 Å². The van der Waals surface area contributed by atoms with E-state index in [0.29, 0.717) is 18.4 Å². The molecule has 4 heteroatoms. The number of halogens is 2. The Hall–Kier alpha value is -0.610. The summed E-state index contributed by atoms with van der Waals surface area (Å²) in [5, 5.41) is 3.37. The summed E-state index contributed by atoms with van der Waals surface area (Å²) in [6.07, 6.45) is 3.25. The van der Waals surface area contributed by atoms with Crippen molar-refractivity contribution < 1.29 is 9.13 Å². The molecule has 0 aliphatic carbocycles. The van der Waals surface area contributed by atoms with Crippen molar-refractivity contribution in [2.24, 2.45) is 0 Å². The fraction of sp³-hybridized carbons (Fsp3) is 0.571. The predicted molar refractivity (Wildman–Crippen MR) is 76.6 cm³/mol. The maximum absolute atomic E-state index is 13.0. The molecule has 0 unspecified atom stereocenters. The number of hydrogen-bond donors (Lipinski definition) is 1. The Balaban J connectivity index is 2.12. The molecule has 0 spiro atoms. The fourth-order valence-electron chi connectivity index (χ4n) is 1.56. The largest absolute Gasteiger partial charge is 0.492 e. The average molecular weight is 318 g/mol. The highest BCUT2D eigenvalue weighted by atomic mass is 79.9. The molecule has 2 nitrogen and oxygen atoms in total. The van der Waals surface area contributed by atoms with E-state index in [1.54, 1.807) is 6.07 Å². The molecule has 18 heavy (non-hydrogen) atoms. The molecule has 0 aliphatic rings. The molecular formula is C14H21BrFNO. The summed E-state index contributed by atoms with van der Waals surface area (Å²) in [4.78, 5) is 0. The van der Waals surface area contributed by atoms with Gasteiger partial charge in [-0.2, -0.15) is 0 Å². The van der Waals surface area contributed by atoms with Gasteiger partial charge in [0, 0.05) is 12.1 Å². The van der Waals surface area contributed by atoms with Crippen molar-refractivity contribution in [3.05, 3.63) is 28.5 Å². The lowest BCUT2D eigenvalue weighted by Crippen LogP contribution is -2.23. The SMILES string of the molecule is CC(C)NCCCCCOc1cc(F)ccc1Br. The van der Waals surface area contributed by atoms with Gasteiger partial charge in [0.05, 0.1) is 11.1 Å². The van der Waals surface area contributed by atoms with Crippen molar-refractivity contribution in [2.75, 3.05) is 13.2 Å². The van der Waals surface area contributed by atoms with Gasteiger partial charge >= 0.3 is 0 Å². The number of benzene rings is 1. The first kappa shape index (κ1) is 15.4. The third kappa shape index (κ3) is 6.36. The van der Waals surface area contributed by atoms with E-state index in [2.05, 4.69) is 35.1 Å². The zero-order valence-corrected chi connectivity index (χ0v) is 12.6. The second kappa shape index (κ2) is 8.48. The van der Waals surface area contributed by atoms with Crippen LogP contribution in [0.1, 0.15) is 33.1 Å². The van der Waals surface area contributed by atoms with Crippen LogP contribution in [-0.4, -0.2) is 19.2 Å². The predicted octanol–water partition coefficient (Wildman–Crippen LogP) is 4.14. The van der Waals surface area contributed by atoms with E-state index >= 15 is 0 Å². The molecule has 0 aliphatic heterocycles. The Bertz CT molecular complexity index is 358. The van der Waals surface area contributed by atoms with Gasteiger partial charge in [-0.05, 0) is 53.9 Å². The van der Waals surface area contributed by atoms with Crippen molar-refractivity contribution in [1.82, 2.24) is 5.32 Å². The molecular weight excluding hydrogens is 297 g/mol. The average Bonchev–Trinajstić information content (AvgIpc) is 2.32.